The molecule has 1 aliphatic heterocycles. The molecule has 3 nitrogen and oxygen atoms in total. The summed E-state index contributed by atoms with van der Waals surface area (Å²) in [6, 6.07) is 103. The number of hydrogen-bond acceptors (Lipinski definition) is 3. The molecule has 1 aromatic heterocycles. The number of furan rings is 1. The number of nitrogens with zero attached hydrogens (tertiary/aromatic N) is 2. The molecular formula is C78H54N2O. The van der Waals surface area contributed by atoms with Gasteiger partial charge in [0.25, 0.3) is 0 Å². The van der Waals surface area contributed by atoms with Gasteiger partial charge in [0.15, 0.2) is 0 Å². The average Bonchev–Trinajstić information content (AvgIpc) is 4.16. The van der Waals surface area contributed by atoms with Gasteiger partial charge in [-0.15, -0.1) is 0 Å². The van der Waals surface area contributed by atoms with Gasteiger partial charge >= 0.3 is 0 Å². The molecule has 2 atom stereocenters. The van der Waals surface area contributed by atoms with E-state index in [4.69, 9.17) is 4.42 Å². The molecule has 1 spiro atoms. The Balaban J connectivity index is 0.964. The highest BCUT2D eigenvalue weighted by atomic mass is 16.3. The molecule has 0 saturated carbocycles. The summed E-state index contributed by atoms with van der Waals surface area (Å²) < 4.78 is 7.05. The van der Waals surface area contributed by atoms with E-state index in [0.29, 0.717) is 0 Å². The van der Waals surface area contributed by atoms with Crippen LogP contribution in [0.25, 0.3) is 77.6 Å². The van der Waals surface area contributed by atoms with Crippen molar-refractivity contribution in [3.05, 3.63) is 317 Å². The van der Waals surface area contributed by atoms with Gasteiger partial charge < -0.3 is 14.2 Å². The van der Waals surface area contributed by atoms with E-state index < -0.39 is 5.41 Å². The summed E-state index contributed by atoms with van der Waals surface area (Å²) in [6.45, 7) is 5.57. The monoisotopic (exact) mass is 1030 g/mol. The van der Waals surface area contributed by atoms with Gasteiger partial charge in [-0.3, -0.25) is 0 Å². The standard InChI is InChI=1S/C78H54N2O/c1-77(2)67-32-16-11-28-58(67)60-42-39-52(46-71(60)77)80(51-37-40-56-65(45-51)61-29-14-19-35-73(61)79(50-23-7-4-8-24-50)48-66(56)49-21-5-3-6-22-49)53-38-41-59-55-26-10-9-25-54(55)57-27-12-17-33-68(57)78(72(59)47-53)69-34-18-13-31-64(69)75-70(78)44-43-63-62-30-15-20-36-74(62)81-76(63)75/h3-47,66H,48H2,1-2H3. The van der Waals surface area contributed by atoms with Crippen molar-refractivity contribution in [1.82, 2.24) is 0 Å². The van der Waals surface area contributed by atoms with Gasteiger partial charge in [-0.1, -0.05) is 226 Å². The van der Waals surface area contributed by atoms with Crippen molar-refractivity contribution in [3.8, 4) is 55.6 Å². The van der Waals surface area contributed by atoms with Crippen LogP contribution in [0.3, 0.4) is 0 Å². The second-order valence-electron chi connectivity index (χ2n) is 23.0. The van der Waals surface area contributed by atoms with Crippen molar-refractivity contribution in [3.63, 3.8) is 0 Å². The maximum atomic E-state index is 7.05. The van der Waals surface area contributed by atoms with Crippen LogP contribution in [0.15, 0.2) is 277 Å². The second-order valence-corrected chi connectivity index (χ2v) is 23.0. The minimum Gasteiger partial charge on any atom is -0.455 e. The first-order valence-corrected chi connectivity index (χ1v) is 28.5. The fourth-order valence-corrected chi connectivity index (χ4v) is 15.1. The van der Waals surface area contributed by atoms with E-state index in [0.717, 1.165) is 51.1 Å². The number of hydrogen-bond donors (Lipinski definition) is 0. The zero-order valence-corrected chi connectivity index (χ0v) is 45.1. The first-order chi connectivity index (χ1) is 39.9. The second kappa shape index (κ2) is 17.3. The lowest BCUT2D eigenvalue weighted by Gasteiger charge is -2.36. The topological polar surface area (TPSA) is 19.6 Å². The van der Waals surface area contributed by atoms with Gasteiger partial charge in [0.05, 0.1) is 5.41 Å². The quantitative estimate of drug-likeness (QED) is 0.171. The number of benzene rings is 12. The van der Waals surface area contributed by atoms with Crippen molar-refractivity contribution >= 4 is 50.4 Å². The molecule has 0 N–H and O–H groups in total. The molecule has 81 heavy (non-hydrogen) atoms. The molecule has 2 heterocycles. The predicted molar refractivity (Wildman–Crippen MR) is 335 cm³/mol. The van der Waals surface area contributed by atoms with E-state index in [1.807, 2.05) is 0 Å². The fraction of sp³-hybridized carbons (Fsp3) is 0.0769. The van der Waals surface area contributed by atoms with Gasteiger partial charge in [0.1, 0.15) is 11.2 Å². The van der Waals surface area contributed by atoms with E-state index in [9.17, 15) is 0 Å². The molecule has 2 unspecified atom stereocenters. The van der Waals surface area contributed by atoms with Gasteiger partial charge in [0.2, 0.25) is 0 Å². The zero-order valence-electron chi connectivity index (χ0n) is 45.1. The largest absolute Gasteiger partial charge is 0.455 e. The molecule has 4 aliphatic rings. The third kappa shape index (κ3) is 6.46. The van der Waals surface area contributed by atoms with Crippen molar-refractivity contribution in [2.24, 2.45) is 0 Å². The highest BCUT2D eigenvalue weighted by Gasteiger charge is 2.51. The minimum absolute atomic E-state index is 0.0869. The SMILES string of the molecule is CC1(C)c2ccccc2-c2ccc(N(c3ccc4c(c3)-c3ccccc3N(c3ccccc3)CC4c3ccccc3)c3ccc4c(c3)C3(c5ccccc5-c5ccccc5-4)c4ccccc4-c4c3ccc3c4oc4ccccc43)cc21. The molecule has 3 aliphatic carbocycles. The molecule has 13 aromatic rings. The number of anilines is 5. The lowest BCUT2D eigenvalue weighted by molar-refractivity contribution is 0.660. The lowest BCUT2D eigenvalue weighted by atomic mass is 9.65. The third-order valence-corrected chi connectivity index (χ3v) is 18.7. The Morgan fingerprint density at radius 2 is 0.914 bits per heavy atom. The Hall–Kier alpha value is -9.96. The zero-order chi connectivity index (χ0) is 53.6. The van der Waals surface area contributed by atoms with Gasteiger partial charge in [-0.05, 0) is 150 Å². The first-order valence-electron chi connectivity index (χ1n) is 28.5. The van der Waals surface area contributed by atoms with E-state index in [1.165, 1.54) is 106 Å². The van der Waals surface area contributed by atoms with Crippen LogP contribution in [0.1, 0.15) is 64.3 Å². The smallest absolute Gasteiger partial charge is 0.143 e. The van der Waals surface area contributed by atoms with E-state index in [-0.39, 0.29) is 11.3 Å². The fourth-order valence-electron chi connectivity index (χ4n) is 15.1. The van der Waals surface area contributed by atoms with Crippen molar-refractivity contribution in [1.29, 1.82) is 0 Å². The van der Waals surface area contributed by atoms with E-state index in [1.54, 1.807) is 0 Å². The maximum Gasteiger partial charge on any atom is 0.143 e. The summed E-state index contributed by atoms with van der Waals surface area (Å²) in [7, 11) is 0. The summed E-state index contributed by atoms with van der Waals surface area (Å²) >= 11 is 0. The summed E-state index contributed by atoms with van der Waals surface area (Å²) in [6.07, 6.45) is 0. The summed E-state index contributed by atoms with van der Waals surface area (Å²) in [5, 5.41) is 2.27. The minimum atomic E-state index is -0.746. The molecule has 0 amide bonds. The maximum absolute atomic E-state index is 7.05. The number of fused-ring (bicyclic) bond motifs is 22. The Bertz CT molecular complexity index is 4740. The van der Waals surface area contributed by atoms with Crippen LogP contribution in [0.2, 0.25) is 0 Å². The van der Waals surface area contributed by atoms with Gasteiger partial charge in [0, 0.05) is 68.2 Å². The van der Waals surface area contributed by atoms with Gasteiger partial charge in [-0.25, -0.2) is 0 Å². The highest BCUT2D eigenvalue weighted by molar-refractivity contribution is 6.13. The number of rotatable bonds is 5. The Kier molecular flexibility index (Phi) is 9.81. The lowest BCUT2D eigenvalue weighted by Crippen LogP contribution is -2.29. The highest BCUT2D eigenvalue weighted by Crippen LogP contribution is 2.64. The van der Waals surface area contributed by atoms with E-state index >= 15 is 0 Å². The molecule has 12 aromatic carbocycles. The normalized spacial score (nSPS) is 16.5. The molecular weight excluding hydrogens is 981 g/mol. The van der Waals surface area contributed by atoms with Crippen LogP contribution in [0.5, 0.6) is 0 Å². The Morgan fingerprint density at radius 3 is 1.65 bits per heavy atom. The Labute approximate surface area is 472 Å². The van der Waals surface area contributed by atoms with Crippen LogP contribution >= 0.6 is 0 Å². The molecule has 3 heteroatoms. The predicted octanol–water partition coefficient (Wildman–Crippen LogP) is 20.3. The van der Waals surface area contributed by atoms with Crippen molar-refractivity contribution < 1.29 is 4.42 Å². The Morgan fingerprint density at radius 1 is 0.383 bits per heavy atom. The summed E-state index contributed by atoms with van der Waals surface area (Å²) in [5.74, 6) is 0.0869. The molecule has 0 bridgehead atoms. The molecule has 0 saturated heterocycles. The first kappa shape index (κ1) is 46.0. The van der Waals surface area contributed by atoms with E-state index in [2.05, 4.69) is 297 Å². The van der Waals surface area contributed by atoms with Crippen molar-refractivity contribution in [2.45, 2.75) is 30.6 Å². The van der Waals surface area contributed by atoms with Crippen LogP contribution < -0.4 is 9.80 Å². The van der Waals surface area contributed by atoms with Crippen molar-refractivity contribution in [2.75, 3.05) is 16.3 Å². The van der Waals surface area contributed by atoms with Crippen LogP contribution in [-0.2, 0) is 10.8 Å². The van der Waals surface area contributed by atoms with Crippen LogP contribution in [-0.4, -0.2) is 6.54 Å². The average molecular weight is 1040 g/mol. The summed E-state index contributed by atoms with van der Waals surface area (Å²) in [4.78, 5) is 5.09. The molecule has 0 radical (unpaired) electrons. The number of para-hydroxylation sites is 3. The summed E-state index contributed by atoms with van der Waals surface area (Å²) in [5.41, 5.74) is 29.2. The van der Waals surface area contributed by atoms with Crippen LogP contribution in [0, 0.1) is 0 Å². The molecule has 0 fully saturated rings. The molecule has 17 rings (SSSR count). The van der Waals surface area contributed by atoms with Crippen LogP contribution in [0.4, 0.5) is 28.4 Å². The third-order valence-electron chi connectivity index (χ3n) is 18.7. The molecule has 382 valence electrons. The van der Waals surface area contributed by atoms with Gasteiger partial charge in [-0.2, -0.15) is 0 Å².